The summed E-state index contributed by atoms with van der Waals surface area (Å²) in [6, 6.07) is 8.60. The van der Waals surface area contributed by atoms with E-state index in [2.05, 4.69) is 10.3 Å². The third-order valence-corrected chi connectivity index (χ3v) is 4.26. The molecule has 8 heteroatoms. The molecule has 0 spiro atoms. The topological polar surface area (TPSA) is 45.2 Å². The van der Waals surface area contributed by atoms with Crippen LogP contribution in [0.5, 0.6) is 0 Å². The van der Waals surface area contributed by atoms with Crippen molar-refractivity contribution < 1.29 is 22.4 Å². The van der Waals surface area contributed by atoms with E-state index in [9.17, 15) is 22.4 Å². The minimum atomic E-state index is -4.49. The first-order valence-electron chi connectivity index (χ1n) is 8.31. The molecule has 1 amide bonds. The van der Waals surface area contributed by atoms with Gasteiger partial charge in [-0.25, -0.2) is 9.37 Å². The molecule has 1 aliphatic rings. The Morgan fingerprint density at radius 2 is 1.93 bits per heavy atom. The normalized spacial score (nSPS) is 14.7. The summed E-state index contributed by atoms with van der Waals surface area (Å²) in [5.74, 6) is -0.456. The zero-order valence-electron chi connectivity index (χ0n) is 14.3. The number of nitrogens with one attached hydrogen (secondary N) is 1. The Hall–Kier alpha value is -2.90. The van der Waals surface area contributed by atoms with Crippen molar-refractivity contribution in [3.05, 3.63) is 65.4 Å². The van der Waals surface area contributed by atoms with E-state index in [0.717, 1.165) is 6.07 Å². The van der Waals surface area contributed by atoms with E-state index < -0.39 is 18.4 Å². The van der Waals surface area contributed by atoms with Gasteiger partial charge in [0.25, 0.3) is 5.91 Å². The van der Waals surface area contributed by atoms with Crippen molar-refractivity contribution in [3.63, 3.8) is 0 Å². The van der Waals surface area contributed by atoms with E-state index >= 15 is 0 Å². The van der Waals surface area contributed by atoms with Gasteiger partial charge in [0.1, 0.15) is 12.5 Å². The summed E-state index contributed by atoms with van der Waals surface area (Å²) in [4.78, 5) is 17.7. The molecule has 2 heterocycles. The highest BCUT2D eigenvalue weighted by atomic mass is 19.4. The second kappa shape index (κ2) is 7.77. The minimum absolute atomic E-state index is 0.137. The Balaban J connectivity index is 1.69. The van der Waals surface area contributed by atoms with Crippen molar-refractivity contribution in [2.75, 3.05) is 23.3 Å². The number of hydrogen-bond donors (Lipinski definition) is 1. The number of benzene rings is 1. The summed E-state index contributed by atoms with van der Waals surface area (Å²) in [5.41, 5.74) is 0.741. The molecule has 0 radical (unpaired) electrons. The molecule has 0 bridgehead atoms. The lowest BCUT2D eigenvalue weighted by atomic mass is 10.1. The highest BCUT2D eigenvalue weighted by Crippen LogP contribution is 2.35. The molecule has 1 aromatic heterocycles. The summed E-state index contributed by atoms with van der Waals surface area (Å²) in [5, 5.41) is 2.71. The van der Waals surface area contributed by atoms with Crippen LogP contribution in [-0.2, 0) is 17.6 Å². The third-order valence-electron chi connectivity index (χ3n) is 4.26. The van der Waals surface area contributed by atoms with Gasteiger partial charge in [-0.2, -0.15) is 13.2 Å². The van der Waals surface area contributed by atoms with Crippen LogP contribution in [0.25, 0.3) is 0 Å². The van der Waals surface area contributed by atoms with Gasteiger partial charge in [-0.15, -0.1) is 0 Å². The maximum absolute atomic E-state index is 13.1. The van der Waals surface area contributed by atoms with E-state index in [0.29, 0.717) is 23.2 Å². The summed E-state index contributed by atoms with van der Waals surface area (Å²) in [7, 11) is 0. The van der Waals surface area contributed by atoms with Crippen molar-refractivity contribution in [1.82, 2.24) is 4.98 Å². The molecule has 0 fully saturated rings. The van der Waals surface area contributed by atoms with Gasteiger partial charge >= 0.3 is 6.18 Å². The lowest BCUT2D eigenvalue weighted by Gasteiger charge is -2.29. The number of anilines is 2. The fourth-order valence-electron chi connectivity index (χ4n) is 2.83. The molecule has 0 atom stereocenters. The number of carbonyl (C=O) groups excluding carboxylic acids is 1. The molecule has 3 rings (SSSR count). The number of halogens is 4. The highest BCUT2D eigenvalue weighted by molar-refractivity contribution is 6.04. The number of amides is 1. The first-order chi connectivity index (χ1) is 12.9. The maximum atomic E-state index is 13.1. The van der Waals surface area contributed by atoms with Crippen LogP contribution in [-0.4, -0.2) is 24.0 Å². The number of pyridine rings is 1. The molecular formula is C19H17F4N3O. The van der Waals surface area contributed by atoms with Gasteiger partial charge in [-0.3, -0.25) is 4.79 Å². The van der Waals surface area contributed by atoms with E-state index in [1.54, 1.807) is 30.3 Å². The number of carbonyl (C=O) groups is 1. The van der Waals surface area contributed by atoms with Crippen molar-refractivity contribution in [2.24, 2.45) is 0 Å². The minimum Gasteiger partial charge on any atom is -0.352 e. The van der Waals surface area contributed by atoms with E-state index in [-0.39, 0.29) is 24.8 Å². The molecule has 0 unspecified atom stereocenters. The van der Waals surface area contributed by atoms with Gasteiger partial charge in [0, 0.05) is 30.5 Å². The van der Waals surface area contributed by atoms with Gasteiger partial charge in [0.05, 0.1) is 5.56 Å². The Labute approximate surface area is 153 Å². The van der Waals surface area contributed by atoms with Gasteiger partial charge < -0.3 is 10.2 Å². The summed E-state index contributed by atoms with van der Waals surface area (Å²) >= 11 is 0. The largest absolute Gasteiger partial charge is 0.419 e. The molecule has 4 nitrogen and oxygen atoms in total. The number of alkyl halides is 4. The number of hydrogen-bond acceptors (Lipinski definition) is 3. The Morgan fingerprint density at radius 1 is 1.19 bits per heavy atom. The van der Waals surface area contributed by atoms with Crippen LogP contribution in [0, 0.1) is 0 Å². The molecule has 2 aromatic rings. The molecule has 1 N–H and O–H groups in total. The second-order valence-electron chi connectivity index (χ2n) is 6.08. The van der Waals surface area contributed by atoms with Crippen LogP contribution in [0.4, 0.5) is 29.1 Å². The second-order valence-corrected chi connectivity index (χ2v) is 6.08. The Morgan fingerprint density at radius 3 is 2.52 bits per heavy atom. The number of aromatic nitrogens is 1. The smallest absolute Gasteiger partial charge is 0.352 e. The average molecular weight is 379 g/mol. The number of nitrogens with zero attached hydrogens (tertiary/aromatic N) is 2. The predicted octanol–water partition coefficient (Wildman–Crippen LogP) is 4.35. The molecule has 0 aliphatic carbocycles. The van der Waals surface area contributed by atoms with Gasteiger partial charge in [-0.1, -0.05) is 18.2 Å². The van der Waals surface area contributed by atoms with Gasteiger partial charge in [0.15, 0.2) is 0 Å². The summed E-state index contributed by atoms with van der Waals surface area (Å²) in [6.07, 6.45) is -1.28. The zero-order valence-corrected chi connectivity index (χ0v) is 14.3. The first-order valence-corrected chi connectivity index (χ1v) is 8.31. The van der Waals surface area contributed by atoms with Gasteiger partial charge in [-0.05, 0) is 36.2 Å². The lowest BCUT2D eigenvalue weighted by molar-refractivity contribution is -0.137. The Bertz CT molecular complexity index is 847. The molecule has 1 aromatic carbocycles. The number of rotatable bonds is 4. The zero-order chi connectivity index (χ0) is 19.4. The molecule has 27 heavy (non-hydrogen) atoms. The lowest BCUT2D eigenvalue weighted by Crippen LogP contribution is -2.33. The maximum Gasteiger partial charge on any atom is 0.419 e. The van der Waals surface area contributed by atoms with Crippen LogP contribution in [0.1, 0.15) is 17.5 Å². The standard InChI is InChI=1S/C19H17F4N3O/c20-12-13-3-5-15(6-4-13)25-18(27)14-7-10-26(11-8-14)17-16(19(21,22)23)2-1-9-24-17/h1-7,9H,8,10-12H2,(H,25,27). The van der Waals surface area contributed by atoms with E-state index in [1.807, 2.05) is 0 Å². The van der Waals surface area contributed by atoms with Crippen molar-refractivity contribution in [3.8, 4) is 0 Å². The third kappa shape index (κ3) is 4.45. The fraction of sp³-hybridized carbons (Fsp3) is 0.263. The van der Waals surface area contributed by atoms with Crippen LogP contribution >= 0.6 is 0 Å². The quantitative estimate of drug-likeness (QED) is 0.804. The predicted molar refractivity (Wildman–Crippen MR) is 94.0 cm³/mol. The van der Waals surface area contributed by atoms with Crippen molar-refractivity contribution in [2.45, 2.75) is 19.3 Å². The fourth-order valence-corrected chi connectivity index (χ4v) is 2.83. The first kappa shape index (κ1) is 18.9. The Kier molecular flexibility index (Phi) is 5.43. The summed E-state index contributed by atoms with van der Waals surface area (Å²) in [6.45, 7) is -0.174. The summed E-state index contributed by atoms with van der Waals surface area (Å²) < 4.78 is 51.9. The molecular weight excluding hydrogens is 362 g/mol. The average Bonchev–Trinajstić information content (AvgIpc) is 2.68. The van der Waals surface area contributed by atoms with Crippen LogP contribution in [0.3, 0.4) is 0 Å². The SMILES string of the molecule is O=C(Nc1ccc(CF)cc1)C1=CCN(c2ncccc2C(F)(F)F)CC1. The molecule has 142 valence electrons. The molecule has 0 saturated carbocycles. The van der Waals surface area contributed by atoms with Crippen LogP contribution in [0.2, 0.25) is 0 Å². The molecule has 1 aliphatic heterocycles. The molecule has 0 saturated heterocycles. The van der Waals surface area contributed by atoms with Crippen molar-refractivity contribution >= 4 is 17.4 Å². The van der Waals surface area contributed by atoms with E-state index in [1.165, 1.54) is 17.2 Å². The van der Waals surface area contributed by atoms with E-state index in [4.69, 9.17) is 0 Å². The van der Waals surface area contributed by atoms with Gasteiger partial charge in [0.2, 0.25) is 0 Å². The highest BCUT2D eigenvalue weighted by Gasteiger charge is 2.36. The van der Waals surface area contributed by atoms with Crippen LogP contribution in [0.15, 0.2) is 54.2 Å². The van der Waals surface area contributed by atoms with Crippen molar-refractivity contribution in [1.29, 1.82) is 0 Å². The monoisotopic (exact) mass is 379 g/mol. The van der Waals surface area contributed by atoms with Crippen LogP contribution < -0.4 is 10.2 Å².